The average molecular weight is 285 g/mol. The Kier molecular flexibility index (Phi) is 6.93. The number of methoxy groups -OCH3 is 1. The van der Waals surface area contributed by atoms with E-state index in [0.29, 0.717) is 12.0 Å². The van der Waals surface area contributed by atoms with Crippen LogP contribution < -0.4 is 0 Å². The molecule has 0 radical (unpaired) electrons. The van der Waals surface area contributed by atoms with Crippen LogP contribution in [-0.2, 0) is 9.53 Å². The molecule has 0 saturated carbocycles. The highest BCUT2D eigenvalue weighted by Crippen LogP contribution is 2.13. The number of benzene rings is 1. The van der Waals surface area contributed by atoms with Crippen LogP contribution >= 0.6 is 0 Å². The summed E-state index contributed by atoms with van der Waals surface area (Å²) in [5.74, 6) is -0.481. The monoisotopic (exact) mass is 285 g/mol. The van der Waals surface area contributed by atoms with Crippen molar-refractivity contribution in [3.8, 4) is 6.07 Å². The number of esters is 1. The Morgan fingerprint density at radius 2 is 2.10 bits per heavy atom. The summed E-state index contributed by atoms with van der Waals surface area (Å²) in [6.07, 6.45) is 6.52. The molecule has 0 heterocycles. The van der Waals surface area contributed by atoms with Gasteiger partial charge in [0.15, 0.2) is 0 Å². The summed E-state index contributed by atoms with van der Waals surface area (Å²) < 4.78 is 4.47. The lowest BCUT2D eigenvalue weighted by atomic mass is 10.00. The number of carbonyl (C=O) groups excluding carboxylic acids is 1. The van der Waals surface area contributed by atoms with Crippen molar-refractivity contribution in [3.05, 3.63) is 53.6 Å². The van der Waals surface area contributed by atoms with Crippen molar-refractivity contribution in [1.82, 2.24) is 0 Å². The summed E-state index contributed by atoms with van der Waals surface area (Å²) in [7, 11) is 1.31. The number of aliphatic hydroxyl groups is 1. The zero-order valence-electron chi connectivity index (χ0n) is 12.2. The van der Waals surface area contributed by atoms with E-state index in [4.69, 9.17) is 5.26 Å². The topological polar surface area (TPSA) is 70.3 Å². The fraction of sp³-hybridized carbons (Fsp3) is 0.294. The van der Waals surface area contributed by atoms with Crippen molar-refractivity contribution in [3.63, 3.8) is 0 Å². The largest absolute Gasteiger partial charge is 0.466 e. The molecule has 0 amide bonds. The molecular formula is C17H19NO3. The minimum Gasteiger partial charge on any atom is -0.466 e. The van der Waals surface area contributed by atoms with Gasteiger partial charge in [0, 0.05) is 12.0 Å². The summed E-state index contributed by atoms with van der Waals surface area (Å²) in [5, 5.41) is 18.7. The maximum absolute atomic E-state index is 10.9. The number of nitriles is 1. The van der Waals surface area contributed by atoms with Gasteiger partial charge in [-0.3, -0.25) is 0 Å². The zero-order chi connectivity index (χ0) is 15.7. The molecule has 1 aromatic rings. The molecule has 0 saturated heterocycles. The molecule has 0 spiro atoms. The first-order valence-corrected chi connectivity index (χ1v) is 6.67. The van der Waals surface area contributed by atoms with Crippen molar-refractivity contribution in [2.45, 2.75) is 19.4 Å². The first-order chi connectivity index (χ1) is 10.1. The van der Waals surface area contributed by atoms with Gasteiger partial charge in [0.05, 0.1) is 24.8 Å². The molecule has 21 heavy (non-hydrogen) atoms. The summed E-state index contributed by atoms with van der Waals surface area (Å²) in [5.41, 5.74) is 1.59. The normalized spacial score (nSPS) is 14.0. The zero-order valence-corrected chi connectivity index (χ0v) is 12.2. The Bertz CT molecular complexity index is 552. The fourth-order valence-corrected chi connectivity index (χ4v) is 1.65. The molecule has 4 nitrogen and oxygen atoms in total. The molecule has 0 aliphatic heterocycles. The molecule has 0 bridgehead atoms. The molecule has 1 rings (SSSR count). The molecule has 1 aromatic carbocycles. The molecule has 110 valence electrons. The van der Waals surface area contributed by atoms with Gasteiger partial charge < -0.3 is 9.84 Å². The third kappa shape index (κ3) is 6.07. The third-order valence-electron chi connectivity index (χ3n) is 3.07. The van der Waals surface area contributed by atoms with E-state index in [9.17, 15) is 9.90 Å². The van der Waals surface area contributed by atoms with Crippen LogP contribution in [-0.4, -0.2) is 24.3 Å². The minimum atomic E-state index is -0.569. The van der Waals surface area contributed by atoms with E-state index in [-0.39, 0.29) is 5.92 Å². The summed E-state index contributed by atoms with van der Waals surface area (Å²) in [4.78, 5) is 10.9. The van der Waals surface area contributed by atoms with E-state index in [1.54, 1.807) is 18.2 Å². The van der Waals surface area contributed by atoms with Crippen molar-refractivity contribution in [2.75, 3.05) is 7.11 Å². The van der Waals surface area contributed by atoms with Gasteiger partial charge in [0.25, 0.3) is 0 Å². The molecule has 0 fully saturated rings. The number of hydrogen-bond acceptors (Lipinski definition) is 4. The van der Waals surface area contributed by atoms with Crippen LogP contribution in [0.3, 0.4) is 0 Å². The molecule has 0 aliphatic carbocycles. The minimum absolute atomic E-state index is 0.0528. The van der Waals surface area contributed by atoms with Crippen molar-refractivity contribution >= 4 is 12.0 Å². The van der Waals surface area contributed by atoms with Crippen LogP contribution in [0.25, 0.3) is 6.08 Å². The smallest absolute Gasteiger partial charge is 0.330 e. The highest BCUT2D eigenvalue weighted by Gasteiger charge is 2.09. The van der Waals surface area contributed by atoms with Gasteiger partial charge >= 0.3 is 5.97 Å². The van der Waals surface area contributed by atoms with E-state index in [0.717, 1.165) is 5.56 Å². The third-order valence-corrected chi connectivity index (χ3v) is 3.07. The second-order valence-corrected chi connectivity index (χ2v) is 4.68. The van der Waals surface area contributed by atoms with E-state index < -0.39 is 12.1 Å². The second kappa shape index (κ2) is 8.72. The maximum Gasteiger partial charge on any atom is 0.330 e. The highest BCUT2D eigenvalue weighted by molar-refractivity contribution is 5.81. The van der Waals surface area contributed by atoms with E-state index in [2.05, 4.69) is 10.8 Å². The number of carbonyl (C=O) groups is 1. The summed E-state index contributed by atoms with van der Waals surface area (Å²) >= 11 is 0. The van der Waals surface area contributed by atoms with Gasteiger partial charge in [-0.1, -0.05) is 37.3 Å². The molecule has 2 atom stereocenters. The van der Waals surface area contributed by atoms with Crippen molar-refractivity contribution in [2.24, 2.45) is 5.92 Å². The molecule has 0 unspecified atom stereocenters. The van der Waals surface area contributed by atoms with E-state index in [1.807, 2.05) is 31.2 Å². The number of ether oxygens (including phenoxy) is 1. The van der Waals surface area contributed by atoms with E-state index >= 15 is 0 Å². The average Bonchev–Trinajstić information content (AvgIpc) is 2.52. The Morgan fingerprint density at radius 1 is 1.43 bits per heavy atom. The number of nitrogens with zero attached hydrogens (tertiary/aromatic N) is 1. The summed E-state index contributed by atoms with van der Waals surface area (Å²) in [6, 6.07) is 9.27. The Labute approximate surface area is 125 Å². The molecule has 1 N–H and O–H groups in total. The van der Waals surface area contributed by atoms with Gasteiger partial charge in [-0.2, -0.15) is 5.26 Å². The van der Waals surface area contributed by atoms with Gasteiger partial charge in [-0.15, -0.1) is 0 Å². The lowest BCUT2D eigenvalue weighted by Crippen LogP contribution is -2.14. The molecule has 0 aliphatic rings. The fourth-order valence-electron chi connectivity index (χ4n) is 1.65. The molecule has 4 heteroatoms. The standard InChI is InChI=1S/C17H19NO3/c1-13(16(19)4-3-5-17(20)21-2)6-7-14-8-10-15(12-18)11-9-14/h3,5-11,13,16,19H,4H2,1-2H3/b5-3+,7-6+/t13-,16+/m1/s1. The van der Waals surface area contributed by atoms with Crippen LogP contribution in [0.15, 0.2) is 42.5 Å². The lowest BCUT2D eigenvalue weighted by Gasteiger charge is -2.13. The highest BCUT2D eigenvalue weighted by atomic mass is 16.5. The van der Waals surface area contributed by atoms with Crippen LogP contribution in [0.5, 0.6) is 0 Å². The first kappa shape index (κ1) is 16.7. The Hall–Kier alpha value is -2.38. The summed E-state index contributed by atoms with van der Waals surface area (Å²) in [6.45, 7) is 1.90. The van der Waals surface area contributed by atoms with Gasteiger partial charge in [0.2, 0.25) is 0 Å². The first-order valence-electron chi connectivity index (χ1n) is 6.67. The van der Waals surface area contributed by atoms with Gasteiger partial charge in [0.1, 0.15) is 0 Å². The Balaban J connectivity index is 2.52. The van der Waals surface area contributed by atoms with Gasteiger partial charge in [-0.05, 0) is 24.1 Å². The van der Waals surface area contributed by atoms with Crippen LogP contribution in [0.1, 0.15) is 24.5 Å². The van der Waals surface area contributed by atoms with Gasteiger partial charge in [-0.25, -0.2) is 4.79 Å². The molecule has 0 aromatic heterocycles. The van der Waals surface area contributed by atoms with Crippen molar-refractivity contribution in [1.29, 1.82) is 5.26 Å². The predicted molar refractivity (Wildman–Crippen MR) is 81.1 cm³/mol. The SMILES string of the molecule is COC(=O)/C=C/C[C@H](O)[C@H](C)/C=C/c1ccc(C#N)cc1. The quantitative estimate of drug-likeness (QED) is 0.644. The van der Waals surface area contributed by atoms with Crippen LogP contribution in [0.4, 0.5) is 0 Å². The Morgan fingerprint density at radius 3 is 2.67 bits per heavy atom. The van der Waals surface area contributed by atoms with Crippen molar-refractivity contribution < 1.29 is 14.6 Å². The van der Waals surface area contributed by atoms with E-state index in [1.165, 1.54) is 13.2 Å². The lowest BCUT2D eigenvalue weighted by molar-refractivity contribution is -0.134. The molecular weight excluding hydrogens is 266 g/mol. The number of aliphatic hydroxyl groups excluding tert-OH is 1. The second-order valence-electron chi connectivity index (χ2n) is 4.68. The number of hydrogen-bond donors (Lipinski definition) is 1. The van der Waals surface area contributed by atoms with Crippen LogP contribution in [0, 0.1) is 17.2 Å². The predicted octanol–water partition coefficient (Wildman–Crippen LogP) is 2.69. The van der Waals surface area contributed by atoms with Crippen LogP contribution in [0.2, 0.25) is 0 Å². The maximum atomic E-state index is 10.9. The number of rotatable bonds is 6.